The molecule has 0 spiro atoms. The molecule has 1 aliphatic carbocycles. The lowest BCUT2D eigenvalue weighted by atomic mass is 9.98. The summed E-state index contributed by atoms with van der Waals surface area (Å²) in [6.07, 6.45) is 2.30. The Morgan fingerprint density at radius 2 is 2.15 bits per heavy atom. The van der Waals surface area contributed by atoms with Crippen LogP contribution in [0.5, 0.6) is 0 Å². The standard InChI is InChI=1S/C11H14FN/c1-7-3-2-4-9(12)10(7)11(13)8-5-6-8/h2-4,8,11H,5-6,13H2,1H3. The minimum absolute atomic E-state index is 0.0961. The van der Waals surface area contributed by atoms with Crippen LogP contribution in [-0.2, 0) is 0 Å². The summed E-state index contributed by atoms with van der Waals surface area (Å²) in [7, 11) is 0. The highest BCUT2D eigenvalue weighted by molar-refractivity contribution is 5.31. The number of hydrogen-bond donors (Lipinski definition) is 1. The Kier molecular flexibility index (Phi) is 2.08. The van der Waals surface area contributed by atoms with Gasteiger partial charge in [-0.25, -0.2) is 4.39 Å². The molecule has 1 saturated carbocycles. The van der Waals surface area contributed by atoms with Crippen molar-refractivity contribution >= 4 is 0 Å². The topological polar surface area (TPSA) is 26.0 Å². The number of hydrogen-bond acceptors (Lipinski definition) is 1. The molecular formula is C11H14FN. The summed E-state index contributed by atoms with van der Waals surface area (Å²) in [6.45, 7) is 1.92. The summed E-state index contributed by atoms with van der Waals surface area (Å²) in [5.74, 6) is 0.356. The fourth-order valence-corrected chi connectivity index (χ4v) is 1.76. The van der Waals surface area contributed by atoms with Crippen molar-refractivity contribution < 1.29 is 4.39 Å². The second kappa shape index (κ2) is 3.11. The molecule has 2 rings (SSSR count). The number of benzene rings is 1. The molecule has 0 aliphatic heterocycles. The highest BCUT2D eigenvalue weighted by Crippen LogP contribution is 2.40. The van der Waals surface area contributed by atoms with Crippen molar-refractivity contribution in [1.82, 2.24) is 0 Å². The highest BCUT2D eigenvalue weighted by Gasteiger charge is 2.31. The summed E-state index contributed by atoms with van der Waals surface area (Å²) < 4.78 is 13.4. The molecule has 1 nitrogen and oxygen atoms in total. The molecule has 1 aromatic rings. The summed E-state index contributed by atoms with van der Waals surface area (Å²) in [5.41, 5.74) is 7.65. The Morgan fingerprint density at radius 3 is 2.69 bits per heavy atom. The van der Waals surface area contributed by atoms with E-state index in [9.17, 15) is 4.39 Å². The van der Waals surface area contributed by atoms with Gasteiger partial charge in [0.15, 0.2) is 0 Å². The Morgan fingerprint density at radius 1 is 1.46 bits per heavy atom. The minimum Gasteiger partial charge on any atom is -0.324 e. The largest absolute Gasteiger partial charge is 0.324 e. The summed E-state index contributed by atoms with van der Waals surface area (Å²) in [6, 6.07) is 5.04. The molecule has 1 aromatic carbocycles. The Bertz CT molecular complexity index is 298. The maximum absolute atomic E-state index is 13.4. The van der Waals surface area contributed by atoms with Crippen molar-refractivity contribution in [1.29, 1.82) is 0 Å². The van der Waals surface area contributed by atoms with E-state index in [-0.39, 0.29) is 11.9 Å². The molecular weight excluding hydrogens is 165 g/mol. The van der Waals surface area contributed by atoms with Crippen LogP contribution in [0.4, 0.5) is 4.39 Å². The van der Waals surface area contributed by atoms with Gasteiger partial charge in [-0.2, -0.15) is 0 Å². The predicted octanol–water partition coefficient (Wildman–Crippen LogP) is 2.54. The van der Waals surface area contributed by atoms with E-state index in [2.05, 4.69) is 0 Å². The van der Waals surface area contributed by atoms with E-state index in [1.807, 2.05) is 13.0 Å². The summed E-state index contributed by atoms with van der Waals surface area (Å²) in [5, 5.41) is 0. The van der Waals surface area contributed by atoms with Gasteiger partial charge in [0.05, 0.1) is 0 Å². The molecule has 1 fully saturated rings. The van der Waals surface area contributed by atoms with Gasteiger partial charge in [0.1, 0.15) is 5.82 Å². The van der Waals surface area contributed by atoms with Gasteiger partial charge >= 0.3 is 0 Å². The van der Waals surface area contributed by atoms with E-state index in [4.69, 9.17) is 5.73 Å². The van der Waals surface area contributed by atoms with Crippen molar-refractivity contribution in [3.05, 3.63) is 35.1 Å². The van der Waals surface area contributed by atoms with E-state index in [1.54, 1.807) is 6.07 Å². The normalized spacial score (nSPS) is 18.7. The third-order valence-corrected chi connectivity index (χ3v) is 2.73. The Labute approximate surface area is 77.8 Å². The lowest BCUT2D eigenvalue weighted by Crippen LogP contribution is -2.15. The van der Waals surface area contributed by atoms with Crippen molar-refractivity contribution in [3.63, 3.8) is 0 Å². The number of aryl methyl sites for hydroxylation is 1. The van der Waals surface area contributed by atoms with Crippen LogP contribution < -0.4 is 5.73 Å². The van der Waals surface area contributed by atoms with E-state index < -0.39 is 0 Å². The molecule has 0 bridgehead atoms. The zero-order valence-electron chi connectivity index (χ0n) is 7.76. The number of rotatable bonds is 2. The second-order valence-electron chi connectivity index (χ2n) is 3.83. The molecule has 70 valence electrons. The molecule has 1 aliphatic rings. The van der Waals surface area contributed by atoms with Gasteiger partial charge in [-0.1, -0.05) is 12.1 Å². The molecule has 0 amide bonds. The van der Waals surface area contributed by atoms with Gasteiger partial charge < -0.3 is 5.73 Å². The molecule has 0 radical (unpaired) electrons. The van der Waals surface area contributed by atoms with E-state index in [0.717, 1.165) is 18.4 Å². The monoisotopic (exact) mass is 179 g/mol. The predicted molar refractivity (Wildman–Crippen MR) is 50.8 cm³/mol. The second-order valence-corrected chi connectivity index (χ2v) is 3.83. The average Bonchev–Trinajstić information content (AvgIpc) is 2.85. The molecule has 0 aromatic heterocycles. The van der Waals surface area contributed by atoms with Gasteiger partial charge in [-0.3, -0.25) is 0 Å². The van der Waals surface area contributed by atoms with E-state index >= 15 is 0 Å². The first-order chi connectivity index (χ1) is 6.20. The summed E-state index contributed by atoms with van der Waals surface area (Å²) >= 11 is 0. The van der Waals surface area contributed by atoms with Crippen molar-refractivity contribution in [2.75, 3.05) is 0 Å². The molecule has 1 atom stereocenters. The van der Waals surface area contributed by atoms with Gasteiger partial charge in [0.2, 0.25) is 0 Å². The van der Waals surface area contributed by atoms with Crippen LogP contribution >= 0.6 is 0 Å². The first-order valence-corrected chi connectivity index (χ1v) is 4.70. The fraction of sp³-hybridized carbons (Fsp3) is 0.455. The average molecular weight is 179 g/mol. The Balaban J connectivity index is 2.36. The molecule has 2 N–H and O–H groups in total. The number of halogens is 1. The van der Waals surface area contributed by atoms with E-state index in [1.165, 1.54) is 6.07 Å². The van der Waals surface area contributed by atoms with Crippen LogP contribution in [0, 0.1) is 18.7 Å². The fourth-order valence-electron chi connectivity index (χ4n) is 1.76. The quantitative estimate of drug-likeness (QED) is 0.741. The first kappa shape index (κ1) is 8.70. The molecule has 0 saturated heterocycles. The zero-order chi connectivity index (χ0) is 9.42. The zero-order valence-corrected chi connectivity index (χ0v) is 7.76. The maximum Gasteiger partial charge on any atom is 0.128 e. The number of nitrogens with two attached hydrogens (primary N) is 1. The molecule has 0 heterocycles. The van der Waals surface area contributed by atoms with Crippen molar-refractivity contribution in [2.24, 2.45) is 11.7 Å². The minimum atomic E-state index is -0.153. The van der Waals surface area contributed by atoms with Gasteiger partial charge in [-0.05, 0) is 37.3 Å². The maximum atomic E-state index is 13.4. The lowest BCUT2D eigenvalue weighted by Gasteiger charge is -2.14. The first-order valence-electron chi connectivity index (χ1n) is 4.70. The summed E-state index contributed by atoms with van der Waals surface area (Å²) in [4.78, 5) is 0. The molecule has 13 heavy (non-hydrogen) atoms. The van der Waals surface area contributed by atoms with Crippen LogP contribution in [0.15, 0.2) is 18.2 Å². The van der Waals surface area contributed by atoms with Crippen LogP contribution in [0.3, 0.4) is 0 Å². The van der Waals surface area contributed by atoms with Crippen LogP contribution in [0.1, 0.15) is 30.0 Å². The molecule has 2 heteroatoms. The smallest absolute Gasteiger partial charge is 0.128 e. The highest BCUT2D eigenvalue weighted by atomic mass is 19.1. The van der Waals surface area contributed by atoms with Crippen molar-refractivity contribution in [2.45, 2.75) is 25.8 Å². The third kappa shape index (κ3) is 1.59. The van der Waals surface area contributed by atoms with Crippen LogP contribution in [-0.4, -0.2) is 0 Å². The van der Waals surface area contributed by atoms with Gasteiger partial charge in [-0.15, -0.1) is 0 Å². The van der Waals surface area contributed by atoms with Gasteiger partial charge in [0, 0.05) is 11.6 Å². The van der Waals surface area contributed by atoms with Crippen molar-refractivity contribution in [3.8, 4) is 0 Å². The lowest BCUT2D eigenvalue weighted by molar-refractivity contribution is 0.550. The third-order valence-electron chi connectivity index (χ3n) is 2.73. The Hall–Kier alpha value is -0.890. The molecule has 1 unspecified atom stereocenters. The van der Waals surface area contributed by atoms with Crippen LogP contribution in [0.25, 0.3) is 0 Å². The SMILES string of the molecule is Cc1cccc(F)c1C(N)C1CC1. The van der Waals surface area contributed by atoms with Gasteiger partial charge in [0.25, 0.3) is 0 Å². The van der Waals surface area contributed by atoms with E-state index in [0.29, 0.717) is 11.5 Å². The van der Waals surface area contributed by atoms with Crippen LogP contribution in [0.2, 0.25) is 0 Å².